The number of H-pyrrole nitrogens is 1. The molecule has 0 unspecified atom stereocenters. The van der Waals surface area contributed by atoms with Crippen LogP contribution in [0.25, 0.3) is 16.7 Å². The fourth-order valence-electron chi connectivity index (χ4n) is 2.99. The third-order valence-corrected chi connectivity index (χ3v) is 4.13. The number of hydrogen-bond acceptors (Lipinski definition) is 5. The number of pyridine rings is 1. The highest BCUT2D eigenvalue weighted by atomic mass is 16.1. The summed E-state index contributed by atoms with van der Waals surface area (Å²) in [4.78, 5) is 21.4. The number of aromatic nitrogens is 6. The molecule has 0 aliphatic carbocycles. The van der Waals surface area contributed by atoms with E-state index in [-0.39, 0.29) is 5.91 Å². The number of carbonyl (C=O) groups is 1. The Hall–Kier alpha value is -3.29. The zero-order valence-corrected chi connectivity index (χ0v) is 14.2. The molecular weight excluding hydrogens is 318 g/mol. The first-order valence-corrected chi connectivity index (χ1v) is 7.94. The highest BCUT2D eigenvalue weighted by Crippen LogP contribution is 2.17. The lowest BCUT2D eigenvalue weighted by atomic mass is 10.2. The quantitative estimate of drug-likeness (QED) is 0.595. The van der Waals surface area contributed by atoms with Gasteiger partial charge in [-0.25, -0.2) is 14.5 Å². The molecular formula is C17H17N7O. The van der Waals surface area contributed by atoms with Crippen molar-refractivity contribution >= 4 is 22.6 Å². The van der Waals surface area contributed by atoms with Gasteiger partial charge in [0.15, 0.2) is 11.3 Å². The summed E-state index contributed by atoms with van der Waals surface area (Å²) in [6.07, 6.45) is 1.68. The largest absolute Gasteiger partial charge is 0.346 e. The first kappa shape index (κ1) is 15.3. The number of nitrogens with zero attached hydrogens (tertiary/aromatic N) is 5. The second-order valence-corrected chi connectivity index (χ2v) is 5.99. The van der Waals surface area contributed by atoms with E-state index in [0.29, 0.717) is 29.1 Å². The first-order valence-electron chi connectivity index (χ1n) is 7.94. The van der Waals surface area contributed by atoms with Crippen LogP contribution in [-0.2, 0) is 6.54 Å². The van der Waals surface area contributed by atoms with E-state index in [1.54, 1.807) is 10.7 Å². The Kier molecular flexibility index (Phi) is 3.45. The minimum Gasteiger partial charge on any atom is -0.346 e. The second kappa shape index (κ2) is 5.66. The number of hydrogen-bond donors (Lipinski definition) is 2. The molecule has 0 bridgehead atoms. The summed E-state index contributed by atoms with van der Waals surface area (Å²) in [6.45, 7) is 5.98. The van der Waals surface area contributed by atoms with Gasteiger partial charge in [-0.1, -0.05) is 0 Å². The van der Waals surface area contributed by atoms with Crippen LogP contribution in [-0.4, -0.2) is 35.7 Å². The Morgan fingerprint density at radius 3 is 3.00 bits per heavy atom. The lowest BCUT2D eigenvalue weighted by Gasteiger charge is -2.05. The van der Waals surface area contributed by atoms with Gasteiger partial charge in [-0.2, -0.15) is 10.2 Å². The third kappa shape index (κ3) is 2.51. The van der Waals surface area contributed by atoms with Crippen molar-refractivity contribution in [2.24, 2.45) is 0 Å². The van der Waals surface area contributed by atoms with Gasteiger partial charge in [-0.15, -0.1) is 0 Å². The fraction of sp³-hybridized carbons (Fsp3) is 0.235. The summed E-state index contributed by atoms with van der Waals surface area (Å²) >= 11 is 0. The lowest BCUT2D eigenvalue weighted by Crippen LogP contribution is -2.24. The van der Waals surface area contributed by atoms with Crippen LogP contribution in [0, 0.1) is 20.8 Å². The second-order valence-electron chi connectivity index (χ2n) is 5.99. The maximum absolute atomic E-state index is 12.7. The van der Waals surface area contributed by atoms with Crippen LogP contribution < -0.4 is 5.32 Å². The molecule has 0 aliphatic heterocycles. The number of aromatic amines is 1. The number of amides is 1. The van der Waals surface area contributed by atoms with Crippen molar-refractivity contribution in [3.05, 3.63) is 52.7 Å². The Morgan fingerprint density at radius 1 is 1.32 bits per heavy atom. The summed E-state index contributed by atoms with van der Waals surface area (Å²) in [5.74, 6) is -0.211. The van der Waals surface area contributed by atoms with Crippen molar-refractivity contribution in [2.45, 2.75) is 27.3 Å². The van der Waals surface area contributed by atoms with Crippen LogP contribution in [0.15, 0.2) is 24.4 Å². The van der Waals surface area contributed by atoms with Gasteiger partial charge in [0.05, 0.1) is 17.9 Å². The monoisotopic (exact) mass is 335 g/mol. The van der Waals surface area contributed by atoms with Crippen LogP contribution in [0.4, 0.5) is 0 Å². The minimum absolute atomic E-state index is 0.211. The molecule has 0 aromatic carbocycles. The van der Waals surface area contributed by atoms with Gasteiger partial charge in [0.25, 0.3) is 5.91 Å². The van der Waals surface area contributed by atoms with Crippen molar-refractivity contribution < 1.29 is 4.79 Å². The normalized spacial score (nSPS) is 11.3. The topological polar surface area (TPSA) is 101 Å². The molecule has 126 valence electrons. The molecule has 0 saturated heterocycles. The molecule has 0 radical (unpaired) electrons. The SMILES string of the molecule is Cc1cc(C)n2nc(C)c(C(=O)NCc3[nH]nc4ncccc34)c2n1. The molecule has 0 saturated carbocycles. The molecule has 4 rings (SSSR count). The Labute approximate surface area is 143 Å². The zero-order chi connectivity index (χ0) is 17.6. The standard InChI is InChI=1S/C17H17N7O/c1-9-7-10(2)24-16(20-9)14(11(3)23-24)17(25)19-8-13-12-5-4-6-18-15(12)22-21-13/h4-7H,8H2,1-3H3,(H,19,25)(H,18,21,22). The highest BCUT2D eigenvalue weighted by Gasteiger charge is 2.20. The third-order valence-electron chi connectivity index (χ3n) is 4.13. The molecule has 1 amide bonds. The Balaban J connectivity index is 1.65. The Bertz CT molecular complexity index is 1110. The molecule has 0 atom stereocenters. The van der Waals surface area contributed by atoms with Crippen LogP contribution >= 0.6 is 0 Å². The van der Waals surface area contributed by atoms with Crippen LogP contribution in [0.5, 0.6) is 0 Å². The van der Waals surface area contributed by atoms with Crippen molar-refractivity contribution in [3.8, 4) is 0 Å². The average Bonchev–Trinajstić information content (AvgIpc) is 3.13. The van der Waals surface area contributed by atoms with Crippen molar-refractivity contribution in [1.29, 1.82) is 0 Å². The highest BCUT2D eigenvalue weighted by molar-refractivity contribution is 6.01. The molecule has 4 aromatic heterocycles. The summed E-state index contributed by atoms with van der Waals surface area (Å²) in [6, 6.07) is 5.70. The fourth-order valence-corrected chi connectivity index (χ4v) is 2.99. The van der Waals surface area contributed by atoms with Gasteiger partial charge in [0.2, 0.25) is 0 Å². The predicted molar refractivity (Wildman–Crippen MR) is 92.3 cm³/mol. The number of fused-ring (bicyclic) bond motifs is 2. The number of carbonyl (C=O) groups excluding carboxylic acids is 1. The molecule has 4 aromatic rings. The van der Waals surface area contributed by atoms with Crippen LogP contribution in [0.2, 0.25) is 0 Å². The van der Waals surface area contributed by atoms with E-state index in [0.717, 1.165) is 22.5 Å². The summed E-state index contributed by atoms with van der Waals surface area (Å²) < 4.78 is 1.70. The summed E-state index contributed by atoms with van der Waals surface area (Å²) in [5.41, 5.74) is 4.95. The first-order chi connectivity index (χ1) is 12.0. The molecule has 0 spiro atoms. The molecule has 2 N–H and O–H groups in total. The molecule has 4 heterocycles. The number of nitrogens with one attached hydrogen (secondary N) is 2. The molecule has 0 fully saturated rings. The van der Waals surface area contributed by atoms with Gasteiger partial charge in [0, 0.05) is 23.0 Å². The Morgan fingerprint density at radius 2 is 2.16 bits per heavy atom. The molecule has 0 aliphatic rings. The van der Waals surface area contributed by atoms with E-state index in [4.69, 9.17) is 0 Å². The summed E-state index contributed by atoms with van der Waals surface area (Å²) in [5, 5.41) is 15.3. The molecule has 8 heteroatoms. The maximum Gasteiger partial charge on any atom is 0.257 e. The van der Waals surface area contributed by atoms with E-state index >= 15 is 0 Å². The minimum atomic E-state index is -0.211. The van der Waals surface area contributed by atoms with E-state index in [2.05, 4.69) is 30.6 Å². The van der Waals surface area contributed by atoms with Gasteiger partial charge < -0.3 is 5.32 Å². The lowest BCUT2D eigenvalue weighted by molar-refractivity contribution is 0.0951. The molecule has 25 heavy (non-hydrogen) atoms. The van der Waals surface area contributed by atoms with Gasteiger partial charge in [0.1, 0.15) is 5.56 Å². The van der Waals surface area contributed by atoms with Crippen molar-refractivity contribution in [3.63, 3.8) is 0 Å². The number of aryl methyl sites for hydroxylation is 3. The maximum atomic E-state index is 12.7. The van der Waals surface area contributed by atoms with Gasteiger partial charge in [-0.3, -0.25) is 9.89 Å². The smallest absolute Gasteiger partial charge is 0.257 e. The van der Waals surface area contributed by atoms with E-state index in [1.165, 1.54) is 0 Å². The number of rotatable bonds is 3. The predicted octanol–water partition coefficient (Wildman–Crippen LogP) is 1.86. The van der Waals surface area contributed by atoms with Gasteiger partial charge in [-0.05, 0) is 39.0 Å². The summed E-state index contributed by atoms with van der Waals surface area (Å²) in [7, 11) is 0. The molecule has 8 nitrogen and oxygen atoms in total. The van der Waals surface area contributed by atoms with Crippen LogP contribution in [0.3, 0.4) is 0 Å². The van der Waals surface area contributed by atoms with E-state index < -0.39 is 0 Å². The van der Waals surface area contributed by atoms with Gasteiger partial charge >= 0.3 is 0 Å². The van der Waals surface area contributed by atoms with Crippen LogP contribution in [0.1, 0.15) is 33.1 Å². The van der Waals surface area contributed by atoms with E-state index in [1.807, 2.05) is 39.0 Å². The zero-order valence-electron chi connectivity index (χ0n) is 14.2. The van der Waals surface area contributed by atoms with E-state index in [9.17, 15) is 4.79 Å². The van der Waals surface area contributed by atoms with Crippen molar-refractivity contribution in [1.82, 2.24) is 35.1 Å². The van der Waals surface area contributed by atoms with Crippen molar-refractivity contribution in [2.75, 3.05) is 0 Å². The average molecular weight is 335 g/mol.